The third kappa shape index (κ3) is 10.5. The SMILES string of the molecule is COc1ccc(CN2C(=O)CCN(c3ccc(N4CCC(CN5CCC(n6cc(Nc7ncc8c(n7)CN(c7cnc9c(c7C)N(C(=O)OC(C)(C)C)CCO9)CC8)cn6)CC5)CC4)cc3Cl)C2=O)cc1. The Morgan fingerprint density at radius 2 is 1.68 bits per heavy atom. The third-order valence-electron chi connectivity index (χ3n) is 14.3. The number of hydrogen-bond donors (Lipinski definition) is 1. The van der Waals surface area contributed by atoms with Crippen molar-refractivity contribution in [2.24, 2.45) is 5.92 Å². The zero-order valence-electron chi connectivity index (χ0n) is 41.3. The molecule has 4 amide bonds. The standard InChI is InChI=1S/C52H63ClN12O6/c1-34-45(29-54-48-47(34)63(24-25-70-48)51(68)71-52(2,3)4)61-22-14-37-27-55-49(58-43(37)33-61)57-38-28-56-65(32-38)39-15-18-59(19-16-39)30-36-12-20-60(21-13-36)40-8-11-44(42(53)26-40)62-23-17-46(66)64(50(62)67)31-35-6-9-41(69-5)10-7-35/h6-11,26-29,32,36,39H,12-25,30-31,33H2,1-5H3,(H,55,57,58). The number of nitrogens with zero attached hydrogens (tertiary/aromatic N) is 11. The first-order chi connectivity index (χ1) is 34.3. The van der Waals surface area contributed by atoms with Crippen LogP contribution < -0.4 is 34.4 Å². The fraction of sp³-hybridized carbons (Fsp3) is 0.481. The number of imide groups is 1. The van der Waals surface area contributed by atoms with Gasteiger partial charge in [0.2, 0.25) is 17.7 Å². The van der Waals surface area contributed by atoms with E-state index in [4.69, 9.17) is 35.9 Å². The Hall–Kier alpha value is -6.66. The summed E-state index contributed by atoms with van der Waals surface area (Å²) in [5.74, 6) is 2.10. The van der Waals surface area contributed by atoms with Gasteiger partial charge in [0.15, 0.2) is 0 Å². The van der Waals surface area contributed by atoms with Crippen LogP contribution in [0.25, 0.3) is 0 Å². The molecule has 3 aromatic heterocycles. The van der Waals surface area contributed by atoms with Crippen molar-refractivity contribution < 1.29 is 28.6 Å². The number of benzene rings is 2. The van der Waals surface area contributed by atoms with Gasteiger partial charge in [-0.25, -0.2) is 24.5 Å². The van der Waals surface area contributed by atoms with E-state index in [0.29, 0.717) is 66.4 Å². The summed E-state index contributed by atoms with van der Waals surface area (Å²) in [6.07, 6.45) is 12.5. The molecule has 0 aliphatic carbocycles. The predicted molar refractivity (Wildman–Crippen MR) is 272 cm³/mol. The molecule has 18 nitrogen and oxygen atoms in total. The van der Waals surface area contributed by atoms with Crippen molar-refractivity contribution in [2.45, 2.75) is 91.0 Å². The van der Waals surface area contributed by atoms with E-state index in [1.807, 2.05) is 88.8 Å². The highest BCUT2D eigenvalue weighted by atomic mass is 35.5. The van der Waals surface area contributed by atoms with Gasteiger partial charge in [-0.2, -0.15) is 5.10 Å². The highest BCUT2D eigenvalue weighted by molar-refractivity contribution is 6.34. The molecule has 374 valence electrons. The molecule has 5 aliphatic heterocycles. The maximum atomic E-state index is 13.6. The highest BCUT2D eigenvalue weighted by Crippen LogP contribution is 2.40. The van der Waals surface area contributed by atoms with Crippen molar-refractivity contribution in [1.82, 2.24) is 34.5 Å². The van der Waals surface area contributed by atoms with E-state index in [2.05, 4.69) is 40.9 Å². The maximum absolute atomic E-state index is 13.6. The number of pyridine rings is 1. The number of ether oxygens (including phenoxy) is 3. The first-order valence-corrected chi connectivity index (χ1v) is 25.2. The van der Waals surface area contributed by atoms with Crippen LogP contribution >= 0.6 is 11.6 Å². The topological polar surface area (TPSA) is 167 Å². The minimum atomic E-state index is -0.624. The van der Waals surface area contributed by atoms with Crippen molar-refractivity contribution in [1.29, 1.82) is 0 Å². The Morgan fingerprint density at radius 3 is 2.42 bits per heavy atom. The lowest BCUT2D eigenvalue weighted by Gasteiger charge is -2.38. The summed E-state index contributed by atoms with van der Waals surface area (Å²) in [5.41, 5.74) is 7.28. The average molecular weight is 988 g/mol. The number of methoxy groups -OCH3 is 1. The van der Waals surface area contributed by atoms with E-state index in [9.17, 15) is 14.4 Å². The number of carbonyl (C=O) groups excluding carboxylic acids is 3. The van der Waals surface area contributed by atoms with Gasteiger partial charge in [0.1, 0.15) is 23.6 Å². The lowest BCUT2D eigenvalue weighted by Crippen LogP contribution is -2.52. The van der Waals surface area contributed by atoms with Crippen LogP contribution in [0.5, 0.6) is 11.6 Å². The van der Waals surface area contributed by atoms with Crippen LogP contribution in [-0.4, -0.2) is 124 Å². The Balaban J connectivity index is 0.688. The molecular formula is C52H63ClN12O6. The van der Waals surface area contributed by atoms with Crippen LogP contribution in [0.1, 0.15) is 81.3 Å². The molecular weight excluding hydrogens is 924 g/mol. The van der Waals surface area contributed by atoms with Crippen LogP contribution in [0.4, 0.5) is 44.0 Å². The summed E-state index contributed by atoms with van der Waals surface area (Å²) >= 11 is 6.89. The summed E-state index contributed by atoms with van der Waals surface area (Å²) in [5, 5.41) is 8.68. The first-order valence-electron chi connectivity index (χ1n) is 24.8. The molecule has 0 radical (unpaired) electrons. The summed E-state index contributed by atoms with van der Waals surface area (Å²) in [4.78, 5) is 65.8. The normalized spacial score (nSPS) is 18.3. The fourth-order valence-electron chi connectivity index (χ4n) is 10.4. The number of rotatable bonds is 11. The number of amides is 4. The number of aromatic nitrogens is 5. The summed E-state index contributed by atoms with van der Waals surface area (Å²) in [6, 6.07) is 13.3. The van der Waals surface area contributed by atoms with Crippen LogP contribution in [0.15, 0.2) is 67.3 Å². The van der Waals surface area contributed by atoms with Crippen LogP contribution in [-0.2, 0) is 29.0 Å². The van der Waals surface area contributed by atoms with Crippen molar-refractivity contribution in [2.75, 3.05) is 91.0 Å². The van der Waals surface area contributed by atoms with E-state index in [1.54, 1.807) is 16.9 Å². The van der Waals surface area contributed by atoms with E-state index in [1.165, 1.54) is 4.90 Å². The van der Waals surface area contributed by atoms with Crippen molar-refractivity contribution in [3.8, 4) is 11.6 Å². The highest BCUT2D eigenvalue weighted by Gasteiger charge is 2.36. The molecule has 5 aromatic rings. The minimum absolute atomic E-state index is 0.189. The van der Waals surface area contributed by atoms with Crippen molar-refractivity contribution in [3.63, 3.8) is 0 Å². The molecule has 0 spiro atoms. The number of piperidine rings is 2. The van der Waals surface area contributed by atoms with Crippen LogP contribution in [0, 0.1) is 12.8 Å². The van der Waals surface area contributed by atoms with Gasteiger partial charge in [-0.05, 0) is 107 Å². The second kappa shape index (κ2) is 20.2. The fourth-order valence-corrected chi connectivity index (χ4v) is 10.7. The second-order valence-corrected chi connectivity index (χ2v) is 20.6. The Bertz CT molecular complexity index is 2770. The average Bonchev–Trinajstić information content (AvgIpc) is 3.83. The van der Waals surface area contributed by atoms with Gasteiger partial charge in [-0.3, -0.25) is 24.2 Å². The molecule has 0 unspecified atom stereocenters. The molecule has 19 heteroatoms. The van der Waals surface area contributed by atoms with Crippen molar-refractivity contribution >= 4 is 64.0 Å². The number of likely N-dealkylation sites (tertiary alicyclic amines) is 1. The number of nitrogens with one attached hydrogen (secondary N) is 1. The van der Waals surface area contributed by atoms with E-state index in [-0.39, 0.29) is 24.9 Å². The molecule has 3 fully saturated rings. The summed E-state index contributed by atoms with van der Waals surface area (Å²) in [7, 11) is 1.60. The van der Waals surface area contributed by atoms with Crippen molar-refractivity contribution in [3.05, 3.63) is 94.7 Å². The van der Waals surface area contributed by atoms with Gasteiger partial charge in [0, 0.05) is 75.9 Å². The Morgan fingerprint density at radius 1 is 0.887 bits per heavy atom. The van der Waals surface area contributed by atoms with E-state index < -0.39 is 11.7 Å². The van der Waals surface area contributed by atoms with Crippen LogP contribution in [0.3, 0.4) is 0 Å². The number of hydrogen-bond acceptors (Lipinski definition) is 14. The molecule has 10 rings (SSSR count). The number of anilines is 6. The third-order valence-corrected chi connectivity index (χ3v) is 14.6. The predicted octanol–water partition coefficient (Wildman–Crippen LogP) is 8.39. The van der Waals surface area contributed by atoms with Gasteiger partial charge in [0.05, 0.1) is 73.0 Å². The molecule has 0 saturated carbocycles. The van der Waals surface area contributed by atoms with Crippen LogP contribution in [0.2, 0.25) is 5.02 Å². The molecule has 2 aromatic carbocycles. The molecule has 0 bridgehead atoms. The summed E-state index contributed by atoms with van der Waals surface area (Å²) < 4.78 is 18.9. The zero-order valence-corrected chi connectivity index (χ0v) is 42.0. The largest absolute Gasteiger partial charge is 0.497 e. The number of halogens is 1. The minimum Gasteiger partial charge on any atom is -0.497 e. The quantitative estimate of drug-likeness (QED) is 0.134. The zero-order chi connectivity index (χ0) is 49.4. The van der Waals surface area contributed by atoms with Gasteiger partial charge in [-0.1, -0.05) is 23.7 Å². The number of urea groups is 1. The molecule has 3 saturated heterocycles. The van der Waals surface area contributed by atoms with Gasteiger partial charge < -0.3 is 34.2 Å². The smallest absolute Gasteiger partial charge is 0.415 e. The van der Waals surface area contributed by atoms with Gasteiger partial charge in [0.25, 0.3) is 0 Å². The number of fused-ring (bicyclic) bond motifs is 2. The summed E-state index contributed by atoms with van der Waals surface area (Å²) in [6.45, 7) is 15.2. The van der Waals surface area contributed by atoms with Gasteiger partial charge >= 0.3 is 12.1 Å². The molecule has 71 heavy (non-hydrogen) atoms. The molecule has 0 atom stereocenters. The van der Waals surface area contributed by atoms with E-state index >= 15 is 0 Å². The first kappa shape index (κ1) is 48.0. The Kier molecular flexibility index (Phi) is 13.7. The second-order valence-electron chi connectivity index (χ2n) is 20.2. The number of carbonyl (C=O) groups is 3. The Labute approximate surface area is 419 Å². The van der Waals surface area contributed by atoms with E-state index in [0.717, 1.165) is 117 Å². The monoisotopic (exact) mass is 986 g/mol. The molecule has 8 heterocycles. The molecule has 1 N–H and O–H groups in total. The maximum Gasteiger partial charge on any atom is 0.415 e. The lowest BCUT2D eigenvalue weighted by atomic mass is 9.94. The van der Waals surface area contributed by atoms with Gasteiger partial charge in [-0.15, -0.1) is 0 Å². The molecule has 5 aliphatic rings. The lowest BCUT2D eigenvalue weighted by molar-refractivity contribution is -0.129.